The summed E-state index contributed by atoms with van der Waals surface area (Å²) in [5.74, 6) is 0.814. The monoisotopic (exact) mass is 378 g/mol. The Morgan fingerprint density at radius 3 is 2.25 bits per heavy atom. The molecule has 0 aliphatic carbocycles. The highest BCUT2D eigenvalue weighted by atomic mass is 16.5. The van der Waals surface area contributed by atoms with E-state index in [0.717, 1.165) is 35.2 Å². The summed E-state index contributed by atoms with van der Waals surface area (Å²) in [6.07, 6.45) is 2.63. The summed E-state index contributed by atoms with van der Waals surface area (Å²) >= 11 is 0. The minimum atomic E-state index is -0.786. The van der Waals surface area contributed by atoms with Gasteiger partial charge in [-0.15, -0.1) is 0 Å². The Hall–Kier alpha value is -1.75. The molecule has 4 rings (SSSR count). The smallest absolute Gasteiger partial charge is 0.527 e. The SMILES string of the molecule is CC(C)(CCC(C)(C)c1ccc2c(c1)OB(O)C2)c1ccc2c(c1)COB2O. The van der Waals surface area contributed by atoms with Gasteiger partial charge in [0.2, 0.25) is 0 Å². The molecule has 0 radical (unpaired) electrons. The van der Waals surface area contributed by atoms with Crippen molar-refractivity contribution in [1.29, 1.82) is 0 Å². The molecule has 6 heteroatoms. The van der Waals surface area contributed by atoms with Gasteiger partial charge in [0, 0.05) is 6.32 Å². The normalized spacial score (nSPS) is 16.2. The molecule has 0 unspecified atom stereocenters. The van der Waals surface area contributed by atoms with E-state index >= 15 is 0 Å². The molecule has 0 spiro atoms. The number of hydrogen-bond donors (Lipinski definition) is 2. The largest absolute Gasteiger partial charge is 0.536 e. The average Bonchev–Trinajstić information content (AvgIpc) is 3.21. The Balaban J connectivity index is 1.49. The fourth-order valence-corrected chi connectivity index (χ4v) is 4.20. The van der Waals surface area contributed by atoms with E-state index in [1.54, 1.807) is 0 Å². The summed E-state index contributed by atoms with van der Waals surface area (Å²) in [5.41, 5.74) is 5.59. The fourth-order valence-electron chi connectivity index (χ4n) is 4.20. The average molecular weight is 378 g/mol. The van der Waals surface area contributed by atoms with Gasteiger partial charge < -0.3 is 19.4 Å². The maximum absolute atomic E-state index is 9.85. The van der Waals surface area contributed by atoms with Gasteiger partial charge in [0.1, 0.15) is 5.75 Å². The molecule has 2 N–H and O–H groups in total. The van der Waals surface area contributed by atoms with Crippen molar-refractivity contribution in [3.8, 4) is 5.75 Å². The van der Waals surface area contributed by atoms with Crippen LogP contribution in [0.4, 0.5) is 0 Å². The highest BCUT2D eigenvalue weighted by Gasteiger charge is 2.32. The summed E-state index contributed by atoms with van der Waals surface area (Å²) in [6.45, 7) is 9.57. The van der Waals surface area contributed by atoms with Crippen LogP contribution in [0.3, 0.4) is 0 Å². The van der Waals surface area contributed by atoms with E-state index in [4.69, 9.17) is 9.31 Å². The van der Waals surface area contributed by atoms with Crippen molar-refractivity contribution >= 4 is 19.7 Å². The Labute approximate surface area is 168 Å². The second kappa shape index (κ2) is 6.94. The molecule has 2 aromatic rings. The lowest BCUT2D eigenvalue weighted by atomic mass is 9.71. The second-order valence-corrected chi connectivity index (χ2v) is 9.44. The number of benzene rings is 2. The van der Waals surface area contributed by atoms with Crippen molar-refractivity contribution in [2.24, 2.45) is 0 Å². The van der Waals surface area contributed by atoms with Crippen LogP contribution >= 0.6 is 0 Å². The van der Waals surface area contributed by atoms with Gasteiger partial charge >= 0.3 is 14.2 Å². The summed E-state index contributed by atoms with van der Waals surface area (Å²) < 4.78 is 10.9. The molecule has 2 heterocycles. The summed E-state index contributed by atoms with van der Waals surface area (Å²) in [6, 6.07) is 12.6. The lowest BCUT2D eigenvalue weighted by Gasteiger charge is -2.32. The van der Waals surface area contributed by atoms with E-state index in [9.17, 15) is 10.0 Å². The molecule has 0 saturated carbocycles. The molecule has 0 bridgehead atoms. The van der Waals surface area contributed by atoms with Crippen molar-refractivity contribution in [2.75, 3.05) is 0 Å². The zero-order valence-electron chi connectivity index (χ0n) is 17.2. The number of rotatable bonds is 5. The van der Waals surface area contributed by atoms with Crippen LogP contribution in [-0.2, 0) is 28.4 Å². The maximum Gasteiger partial charge on any atom is 0.527 e. The van der Waals surface area contributed by atoms with Gasteiger partial charge in [0.05, 0.1) is 6.61 Å². The third-order valence-corrected chi connectivity index (χ3v) is 6.47. The Morgan fingerprint density at radius 1 is 0.893 bits per heavy atom. The van der Waals surface area contributed by atoms with Crippen LogP contribution in [0.25, 0.3) is 0 Å². The Kier molecular flexibility index (Phi) is 4.85. The van der Waals surface area contributed by atoms with E-state index in [2.05, 4.69) is 58.0 Å². The van der Waals surface area contributed by atoms with Crippen LogP contribution in [-0.4, -0.2) is 24.3 Å². The minimum absolute atomic E-state index is 0.000759. The molecule has 2 aromatic carbocycles. The molecular weight excluding hydrogens is 350 g/mol. The van der Waals surface area contributed by atoms with E-state index in [-0.39, 0.29) is 10.8 Å². The molecular formula is C22H28B2O4. The summed E-state index contributed by atoms with van der Waals surface area (Å²) in [4.78, 5) is 0. The number of fused-ring (bicyclic) bond motifs is 2. The zero-order valence-corrected chi connectivity index (χ0v) is 17.2. The first-order valence-corrected chi connectivity index (χ1v) is 10.1. The molecule has 146 valence electrons. The maximum atomic E-state index is 9.85. The first kappa shape index (κ1) is 19.6. The third kappa shape index (κ3) is 3.61. The molecule has 2 aliphatic heterocycles. The van der Waals surface area contributed by atoms with Crippen molar-refractivity contribution in [1.82, 2.24) is 0 Å². The van der Waals surface area contributed by atoms with Crippen LogP contribution in [0.2, 0.25) is 0 Å². The van der Waals surface area contributed by atoms with Crippen molar-refractivity contribution in [3.05, 3.63) is 58.7 Å². The molecule has 0 amide bonds. The van der Waals surface area contributed by atoms with Gasteiger partial charge in [-0.3, -0.25) is 0 Å². The van der Waals surface area contributed by atoms with Crippen LogP contribution in [0, 0.1) is 0 Å². The first-order valence-electron chi connectivity index (χ1n) is 10.1. The van der Waals surface area contributed by atoms with Crippen LogP contribution < -0.4 is 10.1 Å². The van der Waals surface area contributed by atoms with Gasteiger partial charge in [-0.05, 0) is 57.5 Å². The molecule has 0 saturated heterocycles. The van der Waals surface area contributed by atoms with E-state index in [1.165, 1.54) is 11.1 Å². The molecule has 28 heavy (non-hydrogen) atoms. The fraction of sp³-hybridized carbons (Fsp3) is 0.455. The Bertz CT molecular complexity index is 894. The highest BCUT2D eigenvalue weighted by Crippen LogP contribution is 2.39. The zero-order chi connectivity index (χ0) is 20.1. The van der Waals surface area contributed by atoms with Crippen molar-refractivity contribution < 1.29 is 19.4 Å². The first-order chi connectivity index (χ1) is 13.2. The van der Waals surface area contributed by atoms with Crippen LogP contribution in [0.15, 0.2) is 36.4 Å². The minimum Gasteiger partial charge on any atom is -0.536 e. The molecule has 2 aliphatic rings. The molecule has 0 atom stereocenters. The predicted molar refractivity (Wildman–Crippen MR) is 113 cm³/mol. The second-order valence-electron chi connectivity index (χ2n) is 9.44. The summed E-state index contributed by atoms with van der Waals surface area (Å²) in [7, 11) is -1.50. The van der Waals surface area contributed by atoms with E-state index in [0.29, 0.717) is 12.9 Å². The predicted octanol–water partition coefficient (Wildman–Crippen LogP) is 2.89. The van der Waals surface area contributed by atoms with E-state index in [1.807, 2.05) is 6.07 Å². The molecule has 0 fully saturated rings. The standard InChI is InChI=1S/C22H28B2O4/c1-21(2,17-7-8-19-16(11-17)14-27-24(19)26)9-10-22(3,4)18-6-5-15-13-23(25)28-20(15)12-18/h5-8,11-12,25-26H,9-10,13-14H2,1-4H3. The van der Waals surface area contributed by atoms with Gasteiger partial charge in [-0.2, -0.15) is 0 Å². The Morgan fingerprint density at radius 2 is 1.54 bits per heavy atom. The topological polar surface area (TPSA) is 58.9 Å². The molecule has 4 nitrogen and oxygen atoms in total. The third-order valence-electron chi connectivity index (χ3n) is 6.47. The van der Waals surface area contributed by atoms with Crippen LogP contribution in [0.1, 0.15) is 62.8 Å². The van der Waals surface area contributed by atoms with Gasteiger partial charge in [0.15, 0.2) is 0 Å². The van der Waals surface area contributed by atoms with Gasteiger partial charge in [-0.25, -0.2) is 0 Å². The number of hydrogen-bond acceptors (Lipinski definition) is 4. The lowest BCUT2D eigenvalue weighted by Crippen LogP contribution is -2.29. The highest BCUT2D eigenvalue weighted by molar-refractivity contribution is 6.61. The molecule has 0 aromatic heterocycles. The van der Waals surface area contributed by atoms with Crippen molar-refractivity contribution in [2.45, 2.75) is 64.3 Å². The van der Waals surface area contributed by atoms with Crippen molar-refractivity contribution in [3.63, 3.8) is 0 Å². The van der Waals surface area contributed by atoms with Gasteiger partial charge in [0.25, 0.3) is 0 Å². The van der Waals surface area contributed by atoms with Gasteiger partial charge in [-0.1, -0.05) is 58.0 Å². The van der Waals surface area contributed by atoms with Crippen LogP contribution in [0.5, 0.6) is 5.75 Å². The summed E-state index contributed by atoms with van der Waals surface area (Å²) in [5, 5.41) is 19.6. The quantitative estimate of drug-likeness (QED) is 0.786. The van der Waals surface area contributed by atoms with E-state index < -0.39 is 14.2 Å². The lowest BCUT2D eigenvalue weighted by molar-refractivity contribution is 0.275.